The zero-order valence-electron chi connectivity index (χ0n) is 13.9. The van der Waals surface area contributed by atoms with Gasteiger partial charge in [0.25, 0.3) is 17.3 Å². The number of hydrogen-bond donors (Lipinski definition) is 1. The van der Waals surface area contributed by atoms with Gasteiger partial charge in [0.05, 0.1) is 15.4 Å². The van der Waals surface area contributed by atoms with E-state index in [4.69, 9.17) is 0 Å². The summed E-state index contributed by atoms with van der Waals surface area (Å²) in [6, 6.07) is 2.02. The third-order valence-corrected chi connectivity index (χ3v) is 5.42. The maximum Gasteiger partial charge on any atom is 0.279 e. The molecule has 2 aromatic rings. The van der Waals surface area contributed by atoms with Crippen molar-refractivity contribution in [3.05, 3.63) is 43.5 Å². The van der Waals surface area contributed by atoms with E-state index >= 15 is 0 Å². The standard InChI is InChI=1S/C14H15N5O5S2/c1-3-4-5-25-14-17-16-13(26-14)15-12(20)9-6-10(18(21)22)8(2)11(7-9)19(23)24/h6-7H,3-5H2,1-2H3,(H,15,16,20). The lowest BCUT2D eigenvalue weighted by Gasteiger charge is -2.04. The molecule has 0 saturated carbocycles. The lowest BCUT2D eigenvalue weighted by atomic mass is 10.1. The molecule has 1 N–H and O–H groups in total. The molecule has 10 nitrogen and oxygen atoms in total. The summed E-state index contributed by atoms with van der Waals surface area (Å²) in [5.74, 6) is 0.160. The van der Waals surface area contributed by atoms with Crippen molar-refractivity contribution < 1.29 is 14.6 Å². The second-order valence-electron chi connectivity index (χ2n) is 5.18. The Kier molecular flexibility index (Phi) is 6.58. The average molecular weight is 397 g/mol. The highest BCUT2D eigenvalue weighted by molar-refractivity contribution is 8.01. The summed E-state index contributed by atoms with van der Waals surface area (Å²) in [7, 11) is 0. The Morgan fingerprint density at radius 3 is 2.38 bits per heavy atom. The van der Waals surface area contributed by atoms with E-state index in [-0.39, 0.29) is 16.3 Å². The summed E-state index contributed by atoms with van der Waals surface area (Å²) in [6.45, 7) is 3.34. The first kappa shape index (κ1) is 19.7. The van der Waals surface area contributed by atoms with Crippen molar-refractivity contribution in [1.29, 1.82) is 0 Å². The van der Waals surface area contributed by atoms with Crippen LogP contribution in [0.3, 0.4) is 0 Å². The van der Waals surface area contributed by atoms with Crippen LogP contribution in [-0.4, -0.2) is 31.7 Å². The van der Waals surface area contributed by atoms with Gasteiger partial charge in [0.1, 0.15) is 5.56 Å². The SMILES string of the molecule is CCCCSc1nnc(NC(=O)c2cc([N+](=O)[O-])c(C)c([N+](=O)[O-])c2)s1. The smallest absolute Gasteiger partial charge is 0.279 e. The molecule has 12 heteroatoms. The summed E-state index contributed by atoms with van der Waals surface area (Å²) in [5, 5.41) is 32.6. The van der Waals surface area contributed by atoms with Crippen molar-refractivity contribution in [1.82, 2.24) is 10.2 Å². The van der Waals surface area contributed by atoms with E-state index in [0.717, 1.165) is 30.7 Å². The van der Waals surface area contributed by atoms with Crippen LogP contribution in [0.1, 0.15) is 35.7 Å². The predicted molar refractivity (Wildman–Crippen MR) is 98.0 cm³/mol. The number of amides is 1. The first-order valence-corrected chi connectivity index (χ1v) is 9.34. The number of aromatic nitrogens is 2. The second-order valence-corrected chi connectivity index (χ2v) is 7.50. The number of nitrogens with zero attached hydrogens (tertiary/aromatic N) is 4. The number of nitro groups is 2. The molecule has 1 aromatic heterocycles. The molecule has 0 spiro atoms. The van der Waals surface area contributed by atoms with E-state index in [1.807, 2.05) is 0 Å². The Bertz CT molecular complexity index is 819. The van der Waals surface area contributed by atoms with Crippen LogP contribution >= 0.6 is 23.1 Å². The van der Waals surface area contributed by atoms with Crippen LogP contribution in [0.4, 0.5) is 16.5 Å². The van der Waals surface area contributed by atoms with E-state index in [0.29, 0.717) is 4.34 Å². The summed E-state index contributed by atoms with van der Waals surface area (Å²) >= 11 is 2.69. The third-order valence-electron chi connectivity index (χ3n) is 3.36. The van der Waals surface area contributed by atoms with Crippen LogP contribution in [0.15, 0.2) is 16.5 Å². The van der Waals surface area contributed by atoms with Gasteiger partial charge in [-0.25, -0.2) is 0 Å². The number of rotatable bonds is 8. The van der Waals surface area contributed by atoms with Crippen molar-refractivity contribution in [3.63, 3.8) is 0 Å². The molecule has 1 amide bonds. The van der Waals surface area contributed by atoms with E-state index < -0.39 is 27.1 Å². The Morgan fingerprint density at radius 1 is 1.23 bits per heavy atom. The monoisotopic (exact) mass is 397 g/mol. The Hall–Kier alpha value is -2.60. The van der Waals surface area contributed by atoms with E-state index in [9.17, 15) is 25.0 Å². The minimum atomic E-state index is -0.757. The number of benzene rings is 1. The van der Waals surface area contributed by atoms with Crippen molar-refractivity contribution in [2.24, 2.45) is 0 Å². The van der Waals surface area contributed by atoms with Crippen LogP contribution in [0.25, 0.3) is 0 Å². The molecule has 0 aliphatic carbocycles. The minimum absolute atomic E-state index is 0.109. The Balaban J connectivity index is 2.21. The number of nitrogens with one attached hydrogen (secondary N) is 1. The molecule has 138 valence electrons. The fourth-order valence-electron chi connectivity index (χ4n) is 1.99. The van der Waals surface area contributed by atoms with Crippen LogP contribution in [0.2, 0.25) is 0 Å². The minimum Gasteiger partial charge on any atom is -0.296 e. The number of unbranched alkanes of at least 4 members (excludes halogenated alkanes) is 1. The first-order chi connectivity index (χ1) is 12.3. The molecule has 0 fully saturated rings. The van der Waals surface area contributed by atoms with Gasteiger partial charge in [-0.2, -0.15) is 0 Å². The molecule has 0 atom stereocenters. The van der Waals surface area contributed by atoms with Gasteiger partial charge in [-0.15, -0.1) is 10.2 Å². The van der Waals surface area contributed by atoms with Gasteiger partial charge in [-0.05, 0) is 13.3 Å². The average Bonchev–Trinajstić information content (AvgIpc) is 3.02. The summed E-state index contributed by atoms with van der Waals surface area (Å²) in [4.78, 5) is 33.0. The lowest BCUT2D eigenvalue weighted by Crippen LogP contribution is -2.13. The largest absolute Gasteiger partial charge is 0.296 e. The molecule has 0 unspecified atom stereocenters. The zero-order chi connectivity index (χ0) is 19.3. The third kappa shape index (κ3) is 4.73. The molecule has 0 saturated heterocycles. The fourth-order valence-corrected chi connectivity index (χ4v) is 3.89. The molecule has 26 heavy (non-hydrogen) atoms. The summed E-state index contributed by atoms with van der Waals surface area (Å²) in [6.07, 6.45) is 2.09. The summed E-state index contributed by atoms with van der Waals surface area (Å²) in [5.41, 5.74) is -1.28. The van der Waals surface area contributed by atoms with Crippen LogP contribution < -0.4 is 5.32 Å². The van der Waals surface area contributed by atoms with Crippen molar-refractivity contribution in [3.8, 4) is 0 Å². The highest BCUT2D eigenvalue weighted by Gasteiger charge is 2.25. The highest BCUT2D eigenvalue weighted by atomic mass is 32.2. The quantitative estimate of drug-likeness (QED) is 0.233. The van der Waals surface area contributed by atoms with E-state index in [2.05, 4.69) is 22.4 Å². The molecular formula is C14H15N5O5S2. The molecule has 0 bridgehead atoms. The molecule has 2 rings (SSSR count). The maximum absolute atomic E-state index is 12.3. The molecule has 1 heterocycles. The van der Waals surface area contributed by atoms with Gasteiger partial charge in [-0.3, -0.25) is 30.3 Å². The Morgan fingerprint density at radius 2 is 1.85 bits per heavy atom. The normalized spacial score (nSPS) is 10.5. The van der Waals surface area contributed by atoms with Gasteiger partial charge in [0.2, 0.25) is 5.13 Å². The van der Waals surface area contributed by atoms with Gasteiger partial charge >= 0.3 is 0 Å². The first-order valence-electron chi connectivity index (χ1n) is 7.54. The van der Waals surface area contributed by atoms with E-state index in [1.54, 1.807) is 0 Å². The number of nitro benzene ring substituents is 2. The van der Waals surface area contributed by atoms with Gasteiger partial charge in [0.15, 0.2) is 4.34 Å². The zero-order valence-corrected chi connectivity index (χ0v) is 15.6. The van der Waals surface area contributed by atoms with Crippen LogP contribution in [0.5, 0.6) is 0 Å². The number of thioether (sulfide) groups is 1. The number of hydrogen-bond acceptors (Lipinski definition) is 9. The number of carbonyl (C=O) groups excluding carboxylic acids is 1. The van der Waals surface area contributed by atoms with Crippen LogP contribution in [0, 0.1) is 27.2 Å². The van der Waals surface area contributed by atoms with Crippen LogP contribution in [-0.2, 0) is 0 Å². The molecule has 1 aromatic carbocycles. The van der Waals surface area contributed by atoms with Crippen molar-refractivity contribution in [2.45, 2.75) is 31.0 Å². The molecule has 0 aliphatic heterocycles. The lowest BCUT2D eigenvalue weighted by molar-refractivity contribution is -0.395. The number of carbonyl (C=O) groups is 1. The molecule has 0 radical (unpaired) electrons. The topological polar surface area (TPSA) is 141 Å². The summed E-state index contributed by atoms with van der Waals surface area (Å²) < 4.78 is 0.689. The maximum atomic E-state index is 12.3. The van der Waals surface area contributed by atoms with Crippen molar-refractivity contribution in [2.75, 3.05) is 11.1 Å². The second kappa shape index (κ2) is 8.67. The van der Waals surface area contributed by atoms with Crippen molar-refractivity contribution >= 4 is 45.5 Å². The number of anilines is 1. The van der Waals surface area contributed by atoms with Gasteiger partial charge < -0.3 is 0 Å². The van der Waals surface area contributed by atoms with E-state index in [1.165, 1.54) is 30.0 Å². The predicted octanol–water partition coefficient (Wildman–Crippen LogP) is 3.81. The van der Waals surface area contributed by atoms with Gasteiger partial charge in [-0.1, -0.05) is 36.4 Å². The van der Waals surface area contributed by atoms with Gasteiger partial charge in [0, 0.05) is 17.9 Å². The fraction of sp³-hybridized carbons (Fsp3) is 0.357. The molecular weight excluding hydrogens is 382 g/mol. The Labute approximate surface area is 156 Å². The molecule has 0 aliphatic rings. The highest BCUT2D eigenvalue weighted by Crippen LogP contribution is 2.30.